The van der Waals surface area contributed by atoms with E-state index >= 15 is 0 Å². The molecule has 2 nitrogen and oxygen atoms in total. The number of para-hydroxylation sites is 1. The molecule has 1 heterocycles. The zero-order chi connectivity index (χ0) is 15.2. The lowest BCUT2D eigenvalue weighted by Crippen LogP contribution is -2.12. The van der Waals surface area contributed by atoms with Crippen molar-refractivity contribution in [2.75, 3.05) is 5.32 Å². The molecule has 0 saturated heterocycles. The highest BCUT2D eigenvalue weighted by Crippen LogP contribution is 2.27. The molecular weight excluding hydrogens is 290 g/mol. The van der Waals surface area contributed by atoms with Crippen LogP contribution < -0.4 is 5.32 Å². The van der Waals surface area contributed by atoms with Gasteiger partial charge in [-0.2, -0.15) is 11.3 Å². The van der Waals surface area contributed by atoms with Gasteiger partial charge in [-0.1, -0.05) is 48.5 Å². The van der Waals surface area contributed by atoms with Crippen LogP contribution in [0.25, 0.3) is 11.1 Å². The van der Waals surface area contributed by atoms with Gasteiger partial charge in [0.1, 0.15) is 0 Å². The van der Waals surface area contributed by atoms with Crippen molar-refractivity contribution in [3.05, 3.63) is 77.0 Å². The summed E-state index contributed by atoms with van der Waals surface area (Å²) >= 11 is 1.66. The molecule has 0 atom stereocenters. The van der Waals surface area contributed by atoms with Crippen LogP contribution in [0.1, 0.15) is 12.0 Å². The third-order valence-corrected chi connectivity index (χ3v) is 4.24. The first kappa shape index (κ1) is 14.5. The van der Waals surface area contributed by atoms with E-state index in [1.54, 1.807) is 11.3 Å². The number of rotatable bonds is 5. The fourth-order valence-corrected chi connectivity index (χ4v) is 3.07. The molecule has 3 heteroatoms. The summed E-state index contributed by atoms with van der Waals surface area (Å²) in [6.45, 7) is 0. The van der Waals surface area contributed by atoms with Gasteiger partial charge in [0.05, 0.1) is 0 Å². The smallest absolute Gasteiger partial charge is 0.224 e. The Morgan fingerprint density at radius 1 is 0.955 bits per heavy atom. The highest BCUT2D eigenvalue weighted by Gasteiger charge is 2.08. The zero-order valence-corrected chi connectivity index (χ0v) is 13.0. The Hall–Kier alpha value is -2.39. The van der Waals surface area contributed by atoms with Crippen LogP contribution in [0.15, 0.2) is 71.4 Å². The molecule has 0 bridgehead atoms. The molecule has 0 radical (unpaired) electrons. The molecule has 1 N–H and O–H groups in total. The SMILES string of the molecule is O=C(CCc1ccsc1)Nc1ccccc1-c1ccccc1. The van der Waals surface area contributed by atoms with E-state index in [1.807, 2.05) is 47.8 Å². The van der Waals surface area contributed by atoms with Crippen LogP contribution >= 0.6 is 11.3 Å². The number of carbonyl (C=O) groups excluding carboxylic acids is 1. The first-order chi connectivity index (χ1) is 10.8. The van der Waals surface area contributed by atoms with Gasteiger partial charge in [0.15, 0.2) is 0 Å². The van der Waals surface area contributed by atoms with Crippen molar-refractivity contribution in [3.63, 3.8) is 0 Å². The maximum atomic E-state index is 12.2. The maximum Gasteiger partial charge on any atom is 0.224 e. The first-order valence-corrected chi connectivity index (χ1v) is 8.22. The minimum Gasteiger partial charge on any atom is -0.326 e. The Balaban J connectivity index is 1.71. The largest absolute Gasteiger partial charge is 0.326 e. The standard InChI is InChI=1S/C19H17NOS/c21-19(11-10-15-12-13-22-14-15)20-18-9-5-4-8-17(18)16-6-2-1-3-7-16/h1-9,12-14H,10-11H2,(H,20,21). The molecule has 0 saturated carbocycles. The predicted molar refractivity (Wildman–Crippen MR) is 93.1 cm³/mol. The highest BCUT2D eigenvalue weighted by atomic mass is 32.1. The molecule has 0 unspecified atom stereocenters. The van der Waals surface area contributed by atoms with E-state index < -0.39 is 0 Å². The summed E-state index contributed by atoms with van der Waals surface area (Å²) in [6.07, 6.45) is 1.28. The van der Waals surface area contributed by atoms with Gasteiger partial charge in [-0.3, -0.25) is 4.79 Å². The Morgan fingerprint density at radius 2 is 1.73 bits per heavy atom. The van der Waals surface area contributed by atoms with Gasteiger partial charge in [-0.05, 0) is 40.4 Å². The van der Waals surface area contributed by atoms with Crippen molar-refractivity contribution < 1.29 is 4.79 Å². The van der Waals surface area contributed by atoms with Crippen molar-refractivity contribution in [2.45, 2.75) is 12.8 Å². The normalized spacial score (nSPS) is 10.4. The Labute approximate surface area is 134 Å². The second-order valence-corrected chi connectivity index (χ2v) is 5.87. The van der Waals surface area contributed by atoms with Gasteiger partial charge >= 0.3 is 0 Å². The molecule has 1 amide bonds. The minimum atomic E-state index is 0.0505. The van der Waals surface area contributed by atoms with E-state index in [2.05, 4.69) is 28.9 Å². The number of amides is 1. The molecule has 0 aliphatic rings. The van der Waals surface area contributed by atoms with Crippen LogP contribution in [0.2, 0.25) is 0 Å². The molecule has 0 fully saturated rings. The van der Waals surface area contributed by atoms with E-state index in [-0.39, 0.29) is 5.91 Å². The average molecular weight is 307 g/mol. The van der Waals surface area contributed by atoms with Gasteiger partial charge < -0.3 is 5.32 Å². The summed E-state index contributed by atoms with van der Waals surface area (Å²) in [5, 5.41) is 7.16. The summed E-state index contributed by atoms with van der Waals surface area (Å²) in [6, 6.07) is 20.1. The van der Waals surface area contributed by atoms with Crippen molar-refractivity contribution >= 4 is 22.9 Å². The Kier molecular flexibility index (Phi) is 4.66. The molecule has 0 spiro atoms. The van der Waals surface area contributed by atoms with Crippen molar-refractivity contribution in [2.24, 2.45) is 0 Å². The molecular formula is C19H17NOS. The van der Waals surface area contributed by atoms with E-state index in [1.165, 1.54) is 5.56 Å². The van der Waals surface area contributed by atoms with E-state index in [0.717, 1.165) is 23.2 Å². The molecule has 1 aromatic heterocycles. The third kappa shape index (κ3) is 3.62. The lowest BCUT2D eigenvalue weighted by atomic mass is 10.0. The Bertz CT molecular complexity index is 735. The van der Waals surface area contributed by atoms with E-state index in [0.29, 0.717) is 6.42 Å². The maximum absolute atomic E-state index is 12.2. The molecule has 2 aromatic carbocycles. The number of nitrogens with one attached hydrogen (secondary N) is 1. The van der Waals surface area contributed by atoms with Gasteiger partial charge in [-0.25, -0.2) is 0 Å². The zero-order valence-electron chi connectivity index (χ0n) is 12.2. The predicted octanol–water partition coefficient (Wildman–Crippen LogP) is 4.99. The lowest BCUT2D eigenvalue weighted by Gasteiger charge is -2.11. The number of carbonyl (C=O) groups is 1. The molecule has 110 valence electrons. The number of hydrogen-bond donors (Lipinski definition) is 1. The van der Waals surface area contributed by atoms with Crippen LogP contribution in [-0.4, -0.2) is 5.91 Å². The van der Waals surface area contributed by atoms with E-state index in [9.17, 15) is 4.79 Å². The number of thiophene rings is 1. The number of benzene rings is 2. The fourth-order valence-electron chi connectivity index (χ4n) is 2.37. The fraction of sp³-hybridized carbons (Fsp3) is 0.105. The van der Waals surface area contributed by atoms with Crippen LogP contribution in [-0.2, 0) is 11.2 Å². The third-order valence-electron chi connectivity index (χ3n) is 3.51. The topological polar surface area (TPSA) is 29.1 Å². The monoisotopic (exact) mass is 307 g/mol. The molecule has 0 aliphatic carbocycles. The van der Waals surface area contributed by atoms with Crippen molar-refractivity contribution in [3.8, 4) is 11.1 Å². The molecule has 3 aromatic rings. The summed E-state index contributed by atoms with van der Waals surface area (Å²) in [5.74, 6) is 0.0505. The number of hydrogen-bond acceptors (Lipinski definition) is 2. The van der Waals surface area contributed by atoms with Crippen LogP contribution in [0.4, 0.5) is 5.69 Å². The van der Waals surface area contributed by atoms with E-state index in [4.69, 9.17) is 0 Å². The summed E-state index contributed by atoms with van der Waals surface area (Å²) in [5.41, 5.74) is 4.24. The molecule has 0 aliphatic heterocycles. The van der Waals surface area contributed by atoms with Crippen LogP contribution in [0.3, 0.4) is 0 Å². The van der Waals surface area contributed by atoms with Crippen molar-refractivity contribution in [1.82, 2.24) is 0 Å². The lowest BCUT2D eigenvalue weighted by molar-refractivity contribution is -0.116. The van der Waals surface area contributed by atoms with Gasteiger partial charge in [0.2, 0.25) is 5.91 Å². The second kappa shape index (κ2) is 7.05. The highest BCUT2D eigenvalue weighted by molar-refractivity contribution is 7.07. The van der Waals surface area contributed by atoms with Crippen LogP contribution in [0, 0.1) is 0 Å². The summed E-state index contributed by atoms with van der Waals surface area (Å²) in [4.78, 5) is 12.2. The number of anilines is 1. The Morgan fingerprint density at radius 3 is 2.50 bits per heavy atom. The summed E-state index contributed by atoms with van der Waals surface area (Å²) < 4.78 is 0. The van der Waals surface area contributed by atoms with Gasteiger partial charge in [0, 0.05) is 17.7 Å². The van der Waals surface area contributed by atoms with Gasteiger partial charge in [0.25, 0.3) is 0 Å². The van der Waals surface area contributed by atoms with Crippen molar-refractivity contribution in [1.29, 1.82) is 0 Å². The average Bonchev–Trinajstić information content (AvgIpc) is 3.08. The van der Waals surface area contributed by atoms with Crippen LogP contribution in [0.5, 0.6) is 0 Å². The molecule has 22 heavy (non-hydrogen) atoms. The molecule has 3 rings (SSSR count). The first-order valence-electron chi connectivity index (χ1n) is 7.28. The minimum absolute atomic E-state index is 0.0505. The second-order valence-electron chi connectivity index (χ2n) is 5.09. The van der Waals surface area contributed by atoms with Gasteiger partial charge in [-0.15, -0.1) is 0 Å². The quantitative estimate of drug-likeness (QED) is 0.707. The number of aryl methyl sites for hydroxylation is 1. The summed E-state index contributed by atoms with van der Waals surface area (Å²) in [7, 11) is 0.